The molecule has 0 spiro atoms. The third-order valence-corrected chi connectivity index (χ3v) is 4.19. The van der Waals surface area contributed by atoms with E-state index < -0.39 is 0 Å². The van der Waals surface area contributed by atoms with Gasteiger partial charge in [0.25, 0.3) is 0 Å². The molecule has 1 aliphatic rings. The molecule has 0 aromatic carbocycles. The van der Waals surface area contributed by atoms with E-state index in [9.17, 15) is 0 Å². The Morgan fingerprint density at radius 2 is 2.33 bits per heavy atom. The molecule has 0 aliphatic heterocycles. The average molecular weight is 278 g/mol. The third kappa shape index (κ3) is 1.86. The molecular weight excluding hydrogens is 259 g/mol. The summed E-state index contributed by atoms with van der Waals surface area (Å²) in [6, 6.07) is 0. The maximum Gasteiger partial charge on any atom is 0.000364 e. The van der Waals surface area contributed by atoms with Crippen molar-refractivity contribution in [3.8, 4) is 0 Å². The monoisotopic (exact) mass is 278 g/mol. The minimum absolute atomic E-state index is 0.499. The zero-order valence-corrected chi connectivity index (χ0v) is 10.5. The third-order valence-electron chi connectivity index (χ3n) is 3.65. The van der Waals surface area contributed by atoms with Gasteiger partial charge in [-0.05, 0) is 37.5 Å². The summed E-state index contributed by atoms with van der Waals surface area (Å²) in [6.45, 7) is 7.14. The summed E-state index contributed by atoms with van der Waals surface area (Å²) in [6.07, 6.45) is 6.46. The van der Waals surface area contributed by atoms with E-state index >= 15 is 0 Å². The van der Waals surface area contributed by atoms with Crippen LogP contribution in [0.3, 0.4) is 0 Å². The van der Waals surface area contributed by atoms with Crippen LogP contribution >= 0.6 is 22.6 Å². The van der Waals surface area contributed by atoms with Gasteiger partial charge in [-0.2, -0.15) is 0 Å². The van der Waals surface area contributed by atoms with Crippen molar-refractivity contribution in [2.45, 2.75) is 40.0 Å². The van der Waals surface area contributed by atoms with E-state index in [1.165, 1.54) is 23.7 Å². The quantitative estimate of drug-likeness (QED) is 0.403. The van der Waals surface area contributed by atoms with Crippen LogP contribution in [0.5, 0.6) is 0 Å². The van der Waals surface area contributed by atoms with Gasteiger partial charge < -0.3 is 0 Å². The molecule has 0 unspecified atom stereocenters. The molecule has 0 bridgehead atoms. The van der Waals surface area contributed by atoms with Gasteiger partial charge in [-0.15, -0.1) is 0 Å². The van der Waals surface area contributed by atoms with Crippen molar-refractivity contribution in [1.29, 1.82) is 0 Å². The maximum atomic E-state index is 2.49. The first-order valence-electron chi connectivity index (χ1n) is 4.84. The van der Waals surface area contributed by atoms with Gasteiger partial charge >= 0.3 is 0 Å². The predicted octanol–water partition coefficient (Wildman–Crippen LogP) is 4.19. The SMILES string of the molecule is CC1=CCC[C@@H](C)[C@]1(C)CCI. The summed E-state index contributed by atoms with van der Waals surface area (Å²) in [5, 5.41) is 0. The van der Waals surface area contributed by atoms with Crippen LogP contribution in [0.1, 0.15) is 40.0 Å². The Kier molecular flexibility index (Phi) is 3.62. The number of alkyl halides is 1. The van der Waals surface area contributed by atoms with Gasteiger partial charge in [0.05, 0.1) is 0 Å². The molecule has 0 saturated carbocycles. The van der Waals surface area contributed by atoms with Gasteiger partial charge in [0.2, 0.25) is 0 Å². The number of rotatable bonds is 2. The lowest BCUT2D eigenvalue weighted by Gasteiger charge is -2.39. The van der Waals surface area contributed by atoms with Crippen molar-refractivity contribution < 1.29 is 0 Å². The second-order valence-electron chi connectivity index (χ2n) is 4.22. The lowest BCUT2D eigenvalue weighted by molar-refractivity contribution is 0.223. The van der Waals surface area contributed by atoms with Crippen LogP contribution in [-0.4, -0.2) is 4.43 Å². The van der Waals surface area contributed by atoms with Crippen LogP contribution in [-0.2, 0) is 0 Å². The van der Waals surface area contributed by atoms with E-state index in [1.807, 2.05) is 0 Å². The molecule has 0 N–H and O–H groups in total. The summed E-state index contributed by atoms with van der Waals surface area (Å²) < 4.78 is 1.28. The van der Waals surface area contributed by atoms with E-state index in [4.69, 9.17) is 0 Å². The van der Waals surface area contributed by atoms with Crippen LogP contribution in [0.2, 0.25) is 0 Å². The second kappa shape index (κ2) is 4.12. The van der Waals surface area contributed by atoms with Crippen molar-refractivity contribution >= 4 is 22.6 Å². The van der Waals surface area contributed by atoms with Gasteiger partial charge in [-0.25, -0.2) is 0 Å². The molecule has 0 amide bonds. The van der Waals surface area contributed by atoms with Crippen LogP contribution in [0.4, 0.5) is 0 Å². The summed E-state index contributed by atoms with van der Waals surface area (Å²) in [7, 11) is 0. The first-order valence-corrected chi connectivity index (χ1v) is 6.37. The molecule has 0 nitrogen and oxygen atoms in total. The Hall–Kier alpha value is 0.470. The molecule has 70 valence electrons. The molecule has 12 heavy (non-hydrogen) atoms. The first-order chi connectivity index (χ1) is 5.61. The summed E-state index contributed by atoms with van der Waals surface area (Å²) >= 11 is 2.49. The summed E-state index contributed by atoms with van der Waals surface area (Å²) in [4.78, 5) is 0. The standard InChI is InChI=1S/C11H19I/c1-9-5-4-6-10(2)11(9,3)7-8-12/h5,10H,4,6-8H2,1-3H3/t10-,11-/m1/s1. The lowest BCUT2D eigenvalue weighted by Crippen LogP contribution is -2.29. The largest absolute Gasteiger partial charge is 0.0863 e. The summed E-state index contributed by atoms with van der Waals surface area (Å²) in [5.41, 5.74) is 2.12. The van der Waals surface area contributed by atoms with Crippen molar-refractivity contribution in [3.63, 3.8) is 0 Å². The van der Waals surface area contributed by atoms with Gasteiger partial charge in [-0.3, -0.25) is 0 Å². The number of halogens is 1. The van der Waals surface area contributed by atoms with E-state index in [1.54, 1.807) is 5.57 Å². The van der Waals surface area contributed by atoms with Gasteiger partial charge in [0, 0.05) is 4.43 Å². The summed E-state index contributed by atoms with van der Waals surface area (Å²) in [5.74, 6) is 0.872. The van der Waals surface area contributed by atoms with Crippen molar-refractivity contribution in [2.75, 3.05) is 4.43 Å². The topological polar surface area (TPSA) is 0 Å². The van der Waals surface area contributed by atoms with Crippen LogP contribution in [0, 0.1) is 11.3 Å². The molecule has 2 atom stereocenters. The van der Waals surface area contributed by atoms with E-state index in [0.717, 1.165) is 5.92 Å². The number of hydrogen-bond donors (Lipinski definition) is 0. The average Bonchev–Trinajstić information content (AvgIpc) is 2.02. The molecule has 0 aromatic rings. The number of hydrogen-bond acceptors (Lipinski definition) is 0. The van der Waals surface area contributed by atoms with E-state index in [0.29, 0.717) is 5.41 Å². The van der Waals surface area contributed by atoms with E-state index in [-0.39, 0.29) is 0 Å². The smallest absolute Gasteiger partial charge is 0.000364 e. The lowest BCUT2D eigenvalue weighted by atomic mass is 9.66. The van der Waals surface area contributed by atoms with Gasteiger partial charge in [0.1, 0.15) is 0 Å². The minimum Gasteiger partial charge on any atom is -0.0863 e. The Morgan fingerprint density at radius 3 is 2.83 bits per heavy atom. The fourth-order valence-electron chi connectivity index (χ4n) is 2.13. The van der Waals surface area contributed by atoms with Crippen molar-refractivity contribution in [2.24, 2.45) is 11.3 Å². The first kappa shape index (κ1) is 10.6. The zero-order chi connectivity index (χ0) is 9.19. The van der Waals surface area contributed by atoms with Crippen molar-refractivity contribution in [1.82, 2.24) is 0 Å². The molecule has 1 aliphatic carbocycles. The Balaban J connectivity index is 2.81. The van der Waals surface area contributed by atoms with Gasteiger partial charge in [0.15, 0.2) is 0 Å². The highest BCUT2D eigenvalue weighted by molar-refractivity contribution is 14.1. The van der Waals surface area contributed by atoms with Gasteiger partial charge in [-0.1, -0.05) is 48.1 Å². The predicted molar refractivity (Wildman–Crippen MR) is 63.8 cm³/mol. The minimum atomic E-state index is 0.499. The van der Waals surface area contributed by atoms with Crippen LogP contribution < -0.4 is 0 Å². The fourth-order valence-corrected chi connectivity index (χ4v) is 3.25. The molecule has 0 heterocycles. The molecule has 0 fully saturated rings. The Morgan fingerprint density at radius 1 is 1.67 bits per heavy atom. The highest BCUT2D eigenvalue weighted by atomic mass is 127. The van der Waals surface area contributed by atoms with E-state index in [2.05, 4.69) is 49.4 Å². The molecule has 0 radical (unpaired) electrons. The Bertz CT molecular complexity index is 183. The highest BCUT2D eigenvalue weighted by Gasteiger charge is 2.33. The molecule has 0 aromatic heterocycles. The fraction of sp³-hybridized carbons (Fsp3) is 0.818. The van der Waals surface area contributed by atoms with Crippen LogP contribution in [0.25, 0.3) is 0 Å². The highest BCUT2D eigenvalue weighted by Crippen LogP contribution is 2.44. The second-order valence-corrected chi connectivity index (χ2v) is 5.30. The normalized spacial score (nSPS) is 36.3. The maximum absolute atomic E-state index is 2.49. The van der Waals surface area contributed by atoms with Crippen molar-refractivity contribution in [3.05, 3.63) is 11.6 Å². The number of allylic oxidation sites excluding steroid dienone is 2. The molecule has 1 rings (SSSR count). The van der Waals surface area contributed by atoms with Crippen LogP contribution in [0.15, 0.2) is 11.6 Å². The molecule has 0 saturated heterocycles. The Labute approximate surface area is 90.0 Å². The zero-order valence-electron chi connectivity index (χ0n) is 8.36. The molecule has 1 heteroatoms. The molecular formula is C11H19I.